The Morgan fingerprint density at radius 1 is 1.38 bits per heavy atom. The van der Waals surface area contributed by atoms with Gasteiger partial charge in [-0.3, -0.25) is 0 Å². The van der Waals surface area contributed by atoms with E-state index in [-0.39, 0.29) is 29.7 Å². The van der Waals surface area contributed by atoms with Crippen LogP contribution in [0.2, 0.25) is 0 Å². The molecule has 0 spiro atoms. The van der Waals surface area contributed by atoms with Crippen LogP contribution in [-0.2, 0) is 16.1 Å². The van der Waals surface area contributed by atoms with E-state index in [4.69, 9.17) is 21.1 Å². The minimum absolute atomic E-state index is 0.0381. The predicted octanol–water partition coefficient (Wildman–Crippen LogP) is 4.44. The lowest BCUT2D eigenvalue weighted by atomic mass is 9.75. The number of fused-ring (bicyclic) bond motifs is 2. The quantitative estimate of drug-likeness (QED) is 0.765. The maximum Gasteiger partial charge on any atom is 0.128 e. The van der Waals surface area contributed by atoms with Crippen molar-refractivity contribution >= 4 is 11.6 Å². The molecule has 0 amide bonds. The van der Waals surface area contributed by atoms with Crippen molar-refractivity contribution in [2.45, 2.75) is 68.8 Å². The van der Waals surface area contributed by atoms with Gasteiger partial charge in [-0.25, -0.2) is 4.39 Å². The van der Waals surface area contributed by atoms with E-state index in [1.807, 2.05) is 19.9 Å². The lowest BCUT2D eigenvalue weighted by Crippen LogP contribution is -2.45. The van der Waals surface area contributed by atoms with Gasteiger partial charge >= 0.3 is 0 Å². The molecule has 1 aromatic carbocycles. The fraction of sp³-hybridized carbons (Fsp3) is 0.647. The zero-order chi connectivity index (χ0) is 15.3. The van der Waals surface area contributed by atoms with E-state index >= 15 is 0 Å². The van der Waals surface area contributed by atoms with Gasteiger partial charge in [0.25, 0.3) is 0 Å². The van der Waals surface area contributed by atoms with Gasteiger partial charge < -0.3 is 9.47 Å². The number of hydrogen-bond donors (Lipinski definition) is 0. The number of rotatable bonds is 4. The van der Waals surface area contributed by atoms with E-state index in [1.54, 1.807) is 12.1 Å². The molecule has 0 aromatic heterocycles. The largest absolute Gasteiger partial charge is 0.370 e. The molecule has 0 aliphatic carbocycles. The van der Waals surface area contributed by atoms with Crippen molar-refractivity contribution in [3.63, 3.8) is 0 Å². The van der Waals surface area contributed by atoms with Crippen molar-refractivity contribution in [2.75, 3.05) is 0 Å². The fourth-order valence-corrected chi connectivity index (χ4v) is 3.80. The maximum atomic E-state index is 13.7. The third kappa shape index (κ3) is 2.49. The molecule has 4 heteroatoms. The zero-order valence-electron chi connectivity index (χ0n) is 12.8. The van der Waals surface area contributed by atoms with Crippen molar-refractivity contribution in [1.29, 1.82) is 0 Å². The van der Waals surface area contributed by atoms with Crippen molar-refractivity contribution in [3.05, 3.63) is 35.6 Å². The standard InChI is InChI=1S/C17H22ClFO2/c1-15(2,18)17-9-8-16(3,21-17)14(10-17)20-11-12-6-4-5-7-13(12)19/h4-7,14H,8-11H2,1-3H3. The molecule has 2 fully saturated rings. The Morgan fingerprint density at radius 3 is 2.71 bits per heavy atom. The van der Waals surface area contributed by atoms with Crippen LogP contribution < -0.4 is 0 Å². The second-order valence-electron chi connectivity index (χ2n) is 6.98. The highest BCUT2D eigenvalue weighted by Gasteiger charge is 2.64. The van der Waals surface area contributed by atoms with Gasteiger partial charge in [-0.1, -0.05) is 18.2 Å². The van der Waals surface area contributed by atoms with E-state index in [0.29, 0.717) is 5.56 Å². The molecule has 0 N–H and O–H groups in total. The molecule has 3 rings (SSSR count). The summed E-state index contributed by atoms with van der Waals surface area (Å²) in [5, 5.41) is 0. The number of alkyl halides is 1. The van der Waals surface area contributed by atoms with Crippen LogP contribution in [0.15, 0.2) is 24.3 Å². The van der Waals surface area contributed by atoms with Crippen molar-refractivity contribution < 1.29 is 13.9 Å². The normalized spacial score (nSPS) is 35.4. The summed E-state index contributed by atoms with van der Waals surface area (Å²) < 4.78 is 26.0. The van der Waals surface area contributed by atoms with Crippen LogP contribution >= 0.6 is 11.6 Å². The summed E-state index contributed by atoms with van der Waals surface area (Å²) in [6.45, 7) is 6.35. The number of benzene rings is 1. The SMILES string of the molecule is CC12CCC(C(C)(C)Cl)(CC1OCc1ccccc1F)O2. The lowest BCUT2D eigenvalue weighted by Gasteiger charge is -2.37. The number of hydrogen-bond acceptors (Lipinski definition) is 2. The topological polar surface area (TPSA) is 18.5 Å². The molecule has 0 saturated carbocycles. The summed E-state index contributed by atoms with van der Waals surface area (Å²) in [5.41, 5.74) is -0.0521. The summed E-state index contributed by atoms with van der Waals surface area (Å²) in [5.74, 6) is -0.223. The Morgan fingerprint density at radius 2 is 2.10 bits per heavy atom. The molecule has 3 atom stereocenters. The second-order valence-corrected chi connectivity index (χ2v) is 7.92. The van der Waals surface area contributed by atoms with Crippen LogP contribution in [0.1, 0.15) is 45.6 Å². The Balaban J connectivity index is 1.72. The van der Waals surface area contributed by atoms with Crippen LogP contribution in [0, 0.1) is 5.82 Å². The summed E-state index contributed by atoms with van der Waals surface area (Å²) in [4.78, 5) is -0.430. The van der Waals surface area contributed by atoms with Gasteiger partial charge in [0.2, 0.25) is 0 Å². The summed E-state index contributed by atoms with van der Waals surface area (Å²) in [6, 6.07) is 6.73. The molecule has 116 valence electrons. The summed E-state index contributed by atoms with van der Waals surface area (Å²) >= 11 is 6.55. The van der Waals surface area contributed by atoms with Crippen molar-refractivity contribution in [3.8, 4) is 0 Å². The molecular formula is C17H22ClFO2. The van der Waals surface area contributed by atoms with Gasteiger partial charge in [0, 0.05) is 12.0 Å². The third-order valence-electron chi connectivity index (χ3n) is 5.13. The first-order valence-electron chi connectivity index (χ1n) is 7.50. The van der Waals surface area contributed by atoms with Crippen LogP contribution in [0.5, 0.6) is 0 Å². The monoisotopic (exact) mass is 312 g/mol. The second kappa shape index (κ2) is 4.94. The lowest BCUT2D eigenvalue weighted by molar-refractivity contribution is -0.0927. The molecule has 2 bridgehead atoms. The predicted molar refractivity (Wildman–Crippen MR) is 81.0 cm³/mol. The molecule has 21 heavy (non-hydrogen) atoms. The fourth-order valence-electron chi connectivity index (χ4n) is 3.59. The minimum Gasteiger partial charge on any atom is -0.370 e. The van der Waals surface area contributed by atoms with Crippen molar-refractivity contribution in [2.24, 2.45) is 0 Å². The average molecular weight is 313 g/mol. The van der Waals surface area contributed by atoms with E-state index in [1.165, 1.54) is 6.07 Å². The molecule has 2 heterocycles. The Hall–Kier alpha value is -0.640. The first-order valence-corrected chi connectivity index (χ1v) is 7.88. The highest BCUT2D eigenvalue weighted by atomic mass is 35.5. The van der Waals surface area contributed by atoms with Gasteiger partial charge in [-0.05, 0) is 39.7 Å². The third-order valence-corrected chi connectivity index (χ3v) is 5.48. The highest BCUT2D eigenvalue weighted by molar-refractivity contribution is 6.24. The van der Waals surface area contributed by atoms with Gasteiger partial charge in [-0.2, -0.15) is 0 Å². The minimum atomic E-state index is -0.430. The van der Waals surface area contributed by atoms with Gasteiger partial charge in [-0.15, -0.1) is 11.6 Å². The number of ether oxygens (including phenoxy) is 2. The highest BCUT2D eigenvalue weighted by Crippen LogP contribution is 2.57. The van der Waals surface area contributed by atoms with Crippen LogP contribution in [0.25, 0.3) is 0 Å². The van der Waals surface area contributed by atoms with Crippen molar-refractivity contribution in [1.82, 2.24) is 0 Å². The van der Waals surface area contributed by atoms with E-state index in [0.717, 1.165) is 19.3 Å². The summed E-state index contributed by atoms with van der Waals surface area (Å²) in [6.07, 6.45) is 2.63. The first kappa shape index (κ1) is 15.3. The van der Waals surface area contributed by atoms with E-state index < -0.39 is 4.87 Å². The zero-order valence-corrected chi connectivity index (χ0v) is 13.5. The molecule has 0 radical (unpaired) electrons. The first-order chi connectivity index (χ1) is 9.76. The smallest absolute Gasteiger partial charge is 0.128 e. The van der Waals surface area contributed by atoms with Gasteiger partial charge in [0.1, 0.15) is 5.82 Å². The molecule has 2 aliphatic heterocycles. The number of halogens is 2. The Kier molecular flexibility index (Phi) is 3.59. The molecule has 2 nitrogen and oxygen atoms in total. The average Bonchev–Trinajstić information content (AvgIpc) is 2.89. The van der Waals surface area contributed by atoms with Crippen LogP contribution in [-0.4, -0.2) is 22.2 Å². The van der Waals surface area contributed by atoms with Gasteiger partial charge in [0.05, 0.1) is 28.8 Å². The Labute approximate surface area is 130 Å². The molecule has 3 unspecified atom stereocenters. The maximum absolute atomic E-state index is 13.7. The van der Waals surface area contributed by atoms with Crippen LogP contribution in [0.3, 0.4) is 0 Å². The van der Waals surface area contributed by atoms with E-state index in [9.17, 15) is 4.39 Å². The molecule has 2 saturated heterocycles. The van der Waals surface area contributed by atoms with Crippen LogP contribution in [0.4, 0.5) is 4.39 Å². The summed E-state index contributed by atoms with van der Waals surface area (Å²) in [7, 11) is 0. The van der Waals surface area contributed by atoms with E-state index in [2.05, 4.69) is 6.92 Å². The van der Waals surface area contributed by atoms with Gasteiger partial charge in [0.15, 0.2) is 0 Å². The molecule has 2 aliphatic rings. The molecular weight excluding hydrogens is 291 g/mol. The Bertz CT molecular complexity index is 542. The molecule has 1 aromatic rings.